The maximum Gasteiger partial charge on any atom is 0.421 e. The molecule has 10 heteroatoms. The van der Waals surface area contributed by atoms with E-state index in [1.165, 1.54) is 4.90 Å². The van der Waals surface area contributed by atoms with Crippen LogP contribution in [0.25, 0.3) is 0 Å². The van der Waals surface area contributed by atoms with Crippen LogP contribution >= 0.6 is 35.3 Å². The Hall–Kier alpha value is -1.62. The van der Waals surface area contributed by atoms with E-state index in [-0.39, 0.29) is 16.4 Å². The third-order valence-electron chi connectivity index (χ3n) is 5.27. The normalized spacial score (nSPS) is 28.5. The zero-order chi connectivity index (χ0) is 19.3. The first-order valence-corrected chi connectivity index (χ1v) is 11.5. The summed E-state index contributed by atoms with van der Waals surface area (Å²) in [7, 11) is 0. The van der Waals surface area contributed by atoms with Gasteiger partial charge in [-0.25, -0.2) is 14.5 Å². The fraction of sp³-hybridized carbons (Fsp3) is 0.444. The highest BCUT2D eigenvalue weighted by molar-refractivity contribution is 8.17. The van der Waals surface area contributed by atoms with Crippen molar-refractivity contribution in [1.29, 1.82) is 0 Å². The fourth-order valence-corrected chi connectivity index (χ4v) is 7.12. The van der Waals surface area contributed by atoms with E-state index in [0.717, 1.165) is 42.0 Å². The number of ether oxygens (including phenoxy) is 2. The summed E-state index contributed by atoms with van der Waals surface area (Å²) in [5, 5.41) is 0.818. The summed E-state index contributed by atoms with van der Waals surface area (Å²) >= 11 is 4.52. The van der Waals surface area contributed by atoms with Crippen molar-refractivity contribution < 1.29 is 19.1 Å². The number of rotatable bonds is 5. The number of nitrogens with zero attached hydrogens (tertiary/aromatic N) is 3. The van der Waals surface area contributed by atoms with E-state index in [0.29, 0.717) is 0 Å². The van der Waals surface area contributed by atoms with E-state index in [4.69, 9.17) is 9.47 Å². The Balaban J connectivity index is 1.41. The summed E-state index contributed by atoms with van der Waals surface area (Å²) in [6.45, 7) is 3.59. The lowest BCUT2D eigenvalue weighted by atomic mass is 9.87. The highest BCUT2D eigenvalue weighted by atomic mass is 32.2. The molecule has 0 N–H and O–H groups in total. The van der Waals surface area contributed by atoms with Gasteiger partial charge >= 0.3 is 17.8 Å². The van der Waals surface area contributed by atoms with Crippen LogP contribution in [0, 0.1) is 5.92 Å². The second-order valence-corrected chi connectivity index (χ2v) is 10.5. The molecule has 4 unspecified atom stereocenters. The van der Waals surface area contributed by atoms with Crippen LogP contribution in [0.4, 0.5) is 0 Å². The van der Waals surface area contributed by atoms with Gasteiger partial charge in [-0.05, 0) is 31.4 Å². The molecular formula is C18H17N3O4S3. The SMILES string of the molecule is CC(Sc1ccccc1)Sc1nsnc1C1C2CCN(C2)C12OC(=O)C(=O)O2. The molecule has 3 aliphatic rings. The molecule has 3 fully saturated rings. The molecule has 0 saturated carbocycles. The third kappa shape index (κ3) is 2.94. The number of thioether (sulfide) groups is 2. The van der Waals surface area contributed by atoms with E-state index in [1.54, 1.807) is 23.5 Å². The molecular weight excluding hydrogens is 418 g/mol. The summed E-state index contributed by atoms with van der Waals surface area (Å²) in [5.41, 5.74) is 0.769. The minimum Gasteiger partial charge on any atom is -0.399 e. The quantitative estimate of drug-likeness (QED) is 0.305. The van der Waals surface area contributed by atoms with E-state index in [1.807, 2.05) is 23.1 Å². The number of hydrogen-bond acceptors (Lipinski definition) is 10. The van der Waals surface area contributed by atoms with Crippen LogP contribution in [-0.4, -0.2) is 49.2 Å². The van der Waals surface area contributed by atoms with Crippen LogP contribution in [0.5, 0.6) is 0 Å². The van der Waals surface area contributed by atoms with Crippen molar-refractivity contribution in [3.05, 3.63) is 36.0 Å². The lowest BCUT2D eigenvalue weighted by Gasteiger charge is -2.37. The number of esters is 2. The lowest BCUT2D eigenvalue weighted by Crippen LogP contribution is -2.50. The maximum atomic E-state index is 11.8. The first-order valence-electron chi connectivity index (χ1n) is 8.99. The molecule has 0 aliphatic carbocycles. The van der Waals surface area contributed by atoms with Crippen molar-refractivity contribution in [1.82, 2.24) is 13.6 Å². The summed E-state index contributed by atoms with van der Waals surface area (Å²) in [5.74, 6) is -3.28. The number of aromatic nitrogens is 2. The molecule has 4 heterocycles. The van der Waals surface area contributed by atoms with Crippen molar-refractivity contribution in [2.45, 2.75) is 39.7 Å². The first kappa shape index (κ1) is 18.4. The highest BCUT2D eigenvalue weighted by Crippen LogP contribution is 2.55. The molecule has 4 atom stereocenters. The van der Waals surface area contributed by atoms with Gasteiger partial charge in [-0.15, -0.1) is 11.8 Å². The molecule has 28 heavy (non-hydrogen) atoms. The molecule has 5 rings (SSSR count). The number of fused-ring (bicyclic) bond motifs is 3. The van der Waals surface area contributed by atoms with Gasteiger partial charge in [0.25, 0.3) is 0 Å². The number of benzene rings is 1. The van der Waals surface area contributed by atoms with Gasteiger partial charge in [-0.3, -0.25) is 0 Å². The van der Waals surface area contributed by atoms with Crippen LogP contribution in [0.15, 0.2) is 40.3 Å². The number of carbonyl (C=O) groups is 2. The van der Waals surface area contributed by atoms with Gasteiger partial charge in [-0.1, -0.05) is 30.0 Å². The van der Waals surface area contributed by atoms with Gasteiger partial charge < -0.3 is 9.47 Å². The van der Waals surface area contributed by atoms with Crippen molar-refractivity contribution in [2.24, 2.45) is 5.92 Å². The predicted octanol–water partition coefficient (Wildman–Crippen LogP) is 2.94. The van der Waals surface area contributed by atoms with E-state index < -0.39 is 17.8 Å². The van der Waals surface area contributed by atoms with Crippen LogP contribution in [0.3, 0.4) is 0 Å². The average Bonchev–Trinajstić information content (AvgIpc) is 3.42. The Labute approximate surface area is 174 Å². The summed E-state index contributed by atoms with van der Waals surface area (Å²) in [6, 6.07) is 10.2. The average molecular weight is 436 g/mol. The molecule has 3 saturated heterocycles. The molecule has 7 nitrogen and oxygen atoms in total. The van der Waals surface area contributed by atoms with Crippen LogP contribution in [-0.2, 0) is 19.1 Å². The third-order valence-corrected chi connectivity index (χ3v) is 8.24. The Morgan fingerprint density at radius 2 is 1.93 bits per heavy atom. The molecule has 0 amide bonds. The van der Waals surface area contributed by atoms with Gasteiger partial charge in [0.05, 0.1) is 16.3 Å². The van der Waals surface area contributed by atoms with E-state index in [2.05, 4.69) is 27.8 Å². The molecule has 146 valence electrons. The van der Waals surface area contributed by atoms with Gasteiger partial charge in [0.15, 0.2) is 0 Å². The van der Waals surface area contributed by atoms with Crippen LogP contribution < -0.4 is 0 Å². The monoisotopic (exact) mass is 435 g/mol. The molecule has 2 aromatic rings. The number of piperidine rings is 1. The fourth-order valence-electron chi connectivity index (χ4n) is 4.19. The van der Waals surface area contributed by atoms with Gasteiger partial charge in [0, 0.05) is 18.0 Å². The maximum absolute atomic E-state index is 11.8. The van der Waals surface area contributed by atoms with Gasteiger partial charge in [-0.2, -0.15) is 8.75 Å². The second kappa shape index (κ2) is 7.01. The number of carbonyl (C=O) groups excluding carboxylic acids is 2. The molecule has 1 spiro atoms. The lowest BCUT2D eigenvalue weighted by molar-refractivity contribution is -0.249. The van der Waals surface area contributed by atoms with Gasteiger partial charge in [0.2, 0.25) is 0 Å². The zero-order valence-corrected chi connectivity index (χ0v) is 17.4. The van der Waals surface area contributed by atoms with Gasteiger partial charge in [0.1, 0.15) is 16.6 Å². The van der Waals surface area contributed by atoms with E-state index in [9.17, 15) is 9.59 Å². The number of hydrogen-bond donors (Lipinski definition) is 0. The van der Waals surface area contributed by atoms with Crippen molar-refractivity contribution in [3.63, 3.8) is 0 Å². The first-order chi connectivity index (χ1) is 13.6. The molecule has 2 bridgehead atoms. The molecule has 1 aromatic carbocycles. The predicted molar refractivity (Wildman–Crippen MR) is 105 cm³/mol. The summed E-state index contributed by atoms with van der Waals surface area (Å²) in [6.07, 6.45) is 0.956. The summed E-state index contributed by atoms with van der Waals surface area (Å²) < 4.78 is 20.2. The Kier molecular flexibility index (Phi) is 4.61. The molecule has 1 aromatic heterocycles. The van der Waals surface area contributed by atoms with Crippen molar-refractivity contribution in [3.8, 4) is 0 Å². The minimum atomic E-state index is -1.35. The Morgan fingerprint density at radius 1 is 1.18 bits per heavy atom. The van der Waals surface area contributed by atoms with Crippen LogP contribution in [0.1, 0.15) is 25.0 Å². The van der Waals surface area contributed by atoms with E-state index >= 15 is 0 Å². The minimum absolute atomic E-state index is 0.216. The Morgan fingerprint density at radius 3 is 2.68 bits per heavy atom. The molecule has 0 radical (unpaired) electrons. The Bertz CT molecular complexity index is 906. The smallest absolute Gasteiger partial charge is 0.399 e. The largest absolute Gasteiger partial charge is 0.421 e. The van der Waals surface area contributed by atoms with Crippen LogP contribution in [0.2, 0.25) is 0 Å². The molecule has 3 aliphatic heterocycles. The zero-order valence-electron chi connectivity index (χ0n) is 14.9. The summed E-state index contributed by atoms with van der Waals surface area (Å²) in [4.78, 5) is 26.8. The standard InChI is InChI=1S/C18H17N3O4S3/c1-10(26-12-5-3-2-4-6-12)27-15-14(19-28-20-15)13-11-7-8-21(9-11)18(13)24-16(22)17(23)25-18/h2-6,10-11,13H,7-9H2,1H3. The van der Waals surface area contributed by atoms with Crippen molar-refractivity contribution >= 4 is 47.2 Å². The topological polar surface area (TPSA) is 81.6 Å². The second-order valence-electron chi connectivity index (χ2n) is 6.95. The van der Waals surface area contributed by atoms with Crippen molar-refractivity contribution in [2.75, 3.05) is 13.1 Å². The highest BCUT2D eigenvalue weighted by Gasteiger charge is 2.68.